The molecular formula is C15H23N5O. The molecule has 2 aromatic rings. The Morgan fingerprint density at radius 2 is 2.19 bits per heavy atom. The number of rotatable bonds is 5. The van der Waals surface area contributed by atoms with Crippen LogP contribution in [0.15, 0.2) is 12.3 Å². The molecule has 1 amide bonds. The van der Waals surface area contributed by atoms with Gasteiger partial charge >= 0.3 is 0 Å². The predicted molar refractivity (Wildman–Crippen MR) is 83.5 cm³/mol. The summed E-state index contributed by atoms with van der Waals surface area (Å²) in [7, 11) is 3.69. The van der Waals surface area contributed by atoms with Gasteiger partial charge in [-0.25, -0.2) is 9.67 Å². The van der Waals surface area contributed by atoms with Gasteiger partial charge < -0.3 is 10.2 Å². The zero-order valence-electron chi connectivity index (χ0n) is 13.3. The molecule has 0 aliphatic heterocycles. The first-order chi connectivity index (χ1) is 9.95. The lowest BCUT2D eigenvalue weighted by Crippen LogP contribution is -2.33. The zero-order chi connectivity index (χ0) is 15.6. The average molecular weight is 289 g/mol. The highest BCUT2D eigenvalue weighted by Gasteiger charge is 2.19. The molecule has 0 unspecified atom stereocenters. The van der Waals surface area contributed by atoms with Crippen molar-refractivity contribution in [3.05, 3.63) is 23.5 Å². The maximum atomic E-state index is 12.6. The summed E-state index contributed by atoms with van der Waals surface area (Å²) in [4.78, 5) is 18.9. The highest BCUT2D eigenvalue weighted by atomic mass is 16.2. The number of hydrogen-bond donors (Lipinski definition) is 1. The SMILES string of the molecule is CNCCN(C)C(=O)c1cc(C)nc2c1cnn2C(C)C. The second-order valence-corrected chi connectivity index (χ2v) is 5.56. The van der Waals surface area contributed by atoms with Gasteiger partial charge in [-0.15, -0.1) is 0 Å². The van der Waals surface area contributed by atoms with Crippen molar-refractivity contribution in [1.82, 2.24) is 25.0 Å². The van der Waals surface area contributed by atoms with Gasteiger partial charge in [-0.3, -0.25) is 4.79 Å². The van der Waals surface area contributed by atoms with Crippen LogP contribution in [0.5, 0.6) is 0 Å². The Morgan fingerprint density at radius 1 is 1.48 bits per heavy atom. The van der Waals surface area contributed by atoms with Crippen LogP contribution in [0.3, 0.4) is 0 Å². The molecule has 0 atom stereocenters. The highest BCUT2D eigenvalue weighted by molar-refractivity contribution is 6.05. The van der Waals surface area contributed by atoms with E-state index in [1.807, 2.05) is 31.8 Å². The summed E-state index contributed by atoms with van der Waals surface area (Å²) in [5, 5.41) is 8.24. The molecular weight excluding hydrogens is 266 g/mol. The molecule has 0 radical (unpaired) electrons. The van der Waals surface area contributed by atoms with E-state index in [9.17, 15) is 4.79 Å². The minimum absolute atomic E-state index is 0.00376. The zero-order valence-corrected chi connectivity index (χ0v) is 13.3. The number of carbonyl (C=O) groups excluding carboxylic acids is 1. The summed E-state index contributed by atoms with van der Waals surface area (Å²) in [6.45, 7) is 7.44. The number of carbonyl (C=O) groups is 1. The van der Waals surface area contributed by atoms with Crippen molar-refractivity contribution in [3.63, 3.8) is 0 Å². The minimum Gasteiger partial charge on any atom is -0.340 e. The van der Waals surface area contributed by atoms with E-state index in [1.54, 1.807) is 11.1 Å². The van der Waals surface area contributed by atoms with Gasteiger partial charge in [-0.2, -0.15) is 5.10 Å². The molecule has 0 bridgehead atoms. The van der Waals surface area contributed by atoms with Crippen LogP contribution in [0.2, 0.25) is 0 Å². The lowest BCUT2D eigenvalue weighted by atomic mass is 10.1. The molecule has 0 aliphatic rings. The average Bonchev–Trinajstić information content (AvgIpc) is 2.86. The van der Waals surface area contributed by atoms with E-state index in [-0.39, 0.29) is 11.9 Å². The van der Waals surface area contributed by atoms with Crippen LogP contribution < -0.4 is 5.32 Å². The fourth-order valence-corrected chi connectivity index (χ4v) is 2.28. The lowest BCUT2D eigenvalue weighted by molar-refractivity contribution is 0.0798. The van der Waals surface area contributed by atoms with Crippen LogP contribution in [0.25, 0.3) is 11.0 Å². The van der Waals surface area contributed by atoms with Crippen LogP contribution >= 0.6 is 0 Å². The van der Waals surface area contributed by atoms with Gasteiger partial charge in [0, 0.05) is 31.9 Å². The molecule has 2 heterocycles. The molecule has 0 aliphatic carbocycles. The van der Waals surface area contributed by atoms with E-state index < -0.39 is 0 Å². The number of pyridine rings is 1. The van der Waals surface area contributed by atoms with Crippen LogP contribution in [-0.2, 0) is 0 Å². The largest absolute Gasteiger partial charge is 0.340 e. The third-order valence-corrected chi connectivity index (χ3v) is 3.46. The number of nitrogens with zero attached hydrogens (tertiary/aromatic N) is 4. The molecule has 6 nitrogen and oxygen atoms in total. The van der Waals surface area contributed by atoms with E-state index >= 15 is 0 Å². The van der Waals surface area contributed by atoms with Gasteiger partial charge in [0.2, 0.25) is 0 Å². The van der Waals surface area contributed by atoms with Gasteiger partial charge in [0.15, 0.2) is 5.65 Å². The molecule has 21 heavy (non-hydrogen) atoms. The Kier molecular flexibility index (Phi) is 4.57. The normalized spacial score (nSPS) is 11.3. The van der Waals surface area contributed by atoms with Gasteiger partial charge in [0.1, 0.15) is 0 Å². The smallest absolute Gasteiger partial charge is 0.254 e. The summed E-state index contributed by atoms with van der Waals surface area (Å²) in [5.74, 6) is 0.00376. The Bertz CT molecular complexity index is 647. The van der Waals surface area contributed by atoms with Crippen LogP contribution in [0.4, 0.5) is 0 Å². The lowest BCUT2D eigenvalue weighted by Gasteiger charge is -2.17. The van der Waals surface area contributed by atoms with Crippen molar-refractivity contribution in [3.8, 4) is 0 Å². The fourth-order valence-electron chi connectivity index (χ4n) is 2.28. The Balaban J connectivity index is 2.46. The summed E-state index contributed by atoms with van der Waals surface area (Å²) in [5.41, 5.74) is 2.27. The molecule has 6 heteroatoms. The Hall–Kier alpha value is -1.95. The molecule has 0 saturated heterocycles. The van der Waals surface area contributed by atoms with Crippen molar-refractivity contribution in [2.75, 3.05) is 27.2 Å². The molecule has 0 aromatic carbocycles. The molecule has 0 fully saturated rings. The quantitative estimate of drug-likeness (QED) is 0.908. The summed E-state index contributed by atoms with van der Waals surface area (Å²) < 4.78 is 1.85. The number of likely N-dealkylation sites (N-methyl/N-ethyl adjacent to an activating group) is 2. The fraction of sp³-hybridized carbons (Fsp3) is 0.533. The first-order valence-electron chi connectivity index (χ1n) is 7.20. The molecule has 2 rings (SSSR count). The summed E-state index contributed by atoms with van der Waals surface area (Å²) >= 11 is 0. The maximum Gasteiger partial charge on any atom is 0.254 e. The first kappa shape index (κ1) is 15.4. The maximum absolute atomic E-state index is 12.6. The van der Waals surface area contributed by atoms with Gasteiger partial charge in [-0.05, 0) is 33.9 Å². The number of amides is 1. The third kappa shape index (κ3) is 3.05. The van der Waals surface area contributed by atoms with E-state index in [1.165, 1.54) is 0 Å². The van der Waals surface area contributed by atoms with E-state index in [4.69, 9.17) is 0 Å². The highest BCUT2D eigenvalue weighted by Crippen LogP contribution is 2.21. The molecule has 0 spiro atoms. The van der Waals surface area contributed by atoms with Crippen molar-refractivity contribution in [1.29, 1.82) is 0 Å². The second-order valence-electron chi connectivity index (χ2n) is 5.56. The van der Waals surface area contributed by atoms with Crippen LogP contribution in [-0.4, -0.2) is 52.8 Å². The van der Waals surface area contributed by atoms with Gasteiger partial charge in [0.05, 0.1) is 17.1 Å². The molecule has 1 N–H and O–H groups in total. The third-order valence-electron chi connectivity index (χ3n) is 3.46. The van der Waals surface area contributed by atoms with E-state index in [0.717, 1.165) is 23.3 Å². The van der Waals surface area contributed by atoms with Crippen LogP contribution in [0, 0.1) is 6.92 Å². The van der Waals surface area contributed by atoms with Crippen molar-refractivity contribution in [2.24, 2.45) is 0 Å². The van der Waals surface area contributed by atoms with Gasteiger partial charge in [-0.1, -0.05) is 0 Å². The monoisotopic (exact) mass is 289 g/mol. The number of aromatic nitrogens is 3. The summed E-state index contributed by atoms with van der Waals surface area (Å²) in [6.07, 6.45) is 1.74. The topological polar surface area (TPSA) is 63.1 Å². The summed E-state index contributed by atoms with van der Waals surface area (Å²) in [6, 6.07) is 2.05. The minimum atomic E-state index is 0.00376. The Labute approximate surface area is 125 Å². The standard InChI is InChI=1S/C15H23N5O/c1-10(2)20-14-13(9-17-20)12(8-11(3)18-14)15(21)19(5)7-6-16-4/h8-10,16H,6-7H2,1-5H3. The number of nitrogens with one attached hydrogen (secondary N) is 1. The van der Waals surface area contributed by atoms with E-state index in [0.29, 0.717) is 12.1 Å². The van der Waals surface area contributed by atoms with Gasteiger partial charge in [0.25, 0.3) is 5.91 Å². The number of aryl methyl sites for hydroxylation is 1. The molecule has 2 aromatic heterocycles. The van der Waals surface area contributed by atoms with Crippen LogP contribution in [0.1, 0.15) is 35.9 Å². The molecule has 114 valence electrons. The van der Waals surface area contributed by atoms with E-state index in [2.05, 4.69) is 29.2 Å². The van der Waals surface area contributed by atoms with Crippen molar-refractivity contribution < 1.29 is 4.79 Å². The first-order valence-corrected chi connectivity index (χ1v) is 7.20. The number of fused-ring (bicyclic) bond motifs is 1. The Morgan fingerprint density at radius 3 is 2.81 bits per heavy atom. The second kappa shape index (κ2) is 6.22. The molecule has 0 saturated carbocycles. The van der Waals surface area contributed by atoms with Crippen molar-refractivity contribution in [2.45, 2.75) is 26.8 Å². The van der Waals surface area contributed by atoms with Crippen molar-refractivity contribution >= 4 is 16.9 Å². The number of hydrogen-bond acceptors (Lipinski definition) is 4. The predicted octanol–water partition coefficient (Wildman–Crippen LogP) is 1.61.